The lowest BCUT2D eigenvalue weighted by atomic mass is 10.1. The summed E-state index contributed by atoms with van der Waals surface area (Å²) in [6.07, 6.45) is 5.62. The van der Waals surface area contributed by atoms with E-state index in [1.54, 1.807) is 42.9 Å². The Bertz CT molecular complexity index is 1020. The van der Waals surface area contributed by atoms with Gasteiger partial charge >= 0.3 is 0 Å². The second-order valence-corrected chi connectivity index (χ2v) is 5.85. The lowest BCUT2D eigenvalue weighted by Crippen LogP contribution is -1.92. The molecule has 4 rings (SSSR count). The predicted molar refractivity (Wildman–Crippen MR) is 94.2 cm³/mol. The van der Waals surface area contributed by atoms with Crippen LogP contribution in [-0.2, 0) is 6.42 Å². The molecule has 0 radical (unpaired) electrons. The quantitative estimate of drug-likeness (QED) is 0.595. The molecule has 4 nitrogen and oxygen atoms in total. The van der Waals surface area contributed by atoms with Gasteiger partial charge in [-0.3, -0.25) is 0 Å². The molecule has 0 bridgehead atoms. The second-order valence-electron chi connectivity index (χ2n) is 5.85. The molecule has 0 fully saturated rings. The van der Waals surface area contributed by atoms with Crippen molar-refractivity contribution in [3.8, 4) is 22.6 Å². The van der Waals surface area contributed by atoms with Crippen LogP contribution in [0.3, 0.4) is 0 Å². The zero-order chi connectivity index (χ0) is 17.9. The van der Waals surface area contributed by atoms with Gasteiger partial charge in [-0.1, -0.05) is 24.3 Å². The molecule has 2 aromatic carbocycles. The minimum Gasteiger partial charge on any atom is -0.342 e. The molecule has 4 aromatic rings. The third-order valence-electron chi connectivity index (χ3n) is 3.96. The lowest BCUT2D eigenvalue weighted by molar-refractivity contribution is 0.627. The van der Waals surface area contributed by atoms with Gasteiger partial charge in [0, 0.05) is 29.9 Å². The van der Waals surface area contributed by atoms with E-state index in [0.29, 0.717) is 17.8 Å². The van der Waals surface area contributed by atoms with Gasteiger partial charge in [-0.15, -0.1) is 0 Å². The van der Waals surface area contributed by atoms with Gasteiger partial charge in [-0.2, -0.15) is 0 Å². The summed E-state index contributed by atoms with van der Waals surface area (Å²) in [5, 5.41) is 0. The van der Waals surface area contributed by atoms with E-state index in [4.69, 9.17) is 0 Å². The molecule has 128 valence electrons. The van der Waals surface area contributed by atoms with Crippen LogP contribution in [0.15, 0.2) is 67.1 Å². The van der Waals surface area contributed by atoms with Crippen LogP contribution >= 0.6 is 0 Å². The third-order valence-corrected chi connectivity index (χ3v) is 3.96. The average Bonchev–Trinajstić information content (AvgIpc) is 3.12. The topological polar surface area (TPSA) is 54.5 Å². The fraction of sp³-hybridized carbons (Fsp3) is 0.0500. The first-order chi connectivity index (χ1) is 12.7. The number of hydrogen-bond acceptors (Lipinski definition) is 3. The molecule has 0 aliphatic heterocycles. The van der Waals surface area contributed by atoms with E-state index in [-0.39, 0.29) is 11.6 Å². The monoisotopic (exact) mass is 348 g/mol. The molecule has 1 N–H and O–H groups in total. The van der Waals surface area contributed by atoms with E-state index < -0.39 is 0 Å². The van der Waals surface area contributed by atoms with Gasteiger partial charge < -0.3 is 4.98 Å². The van der Waals surface area contributed by atoms with Crippen molar-refractivity contribution in [2.24, 2.45) is 0 Å². The Morgan fingerprint density at radius 2 is 1.54 bits per heavy atom. The Kier molecular flexibility index (Phi) is 4.23. The molecule has 0 aliphatic rings. The van der Waals surface area contributed by atoms with Crippen LogP contribution in [0.1, 0.15) is 11.4 Å². The van der Waals surface area contributed by atoms with Crippen LogP contribution in [0.25, 0.3) is 22.6 Å². The highest BCUT2D eigenvalue weighted by Gasteiger charge is 2.07. The minimum atomic E-state index is -0.325. The van der Waals surface area contributed by atoms with E-state index >= 15 is 0 Å². The van der Waals surface area contributed by atoms with E-state index in [2.05, 4.69) is 19.9 Å². The SMILES string of the molecule is Fc1ccc(Cc2ncc(-c3cnc(-c4cccc(F)c4)nc3)[nH]2)cc1. The number of imidazole rings is 1. The van der Waals surface area contributed by atoms with Gasteiger partial charge in [0.05, 0.1) is 11.9 Å². The first-order valence-electron chi connectivity index (χ1n) is 8.04. The number of halogens is 2. The largest absolute Gasteiger partial charge is 0.342 e. The first-order valence-corrected chi connectivity index (χ1v) is 8.04. The van der Waals surface area contributed by atoms with Crippen LogP contribution in [0, 0.1) is 11.6 Å². The highest BCUT2D eigenvalue weighted by molar-refractivity contribution is 5.60. The number of benzene rings is 2. The lowest BCUT2D eigenvalue weighted by Gasteiger charge is -2.02. The Morgan fingerprint density at radius 1 is 0.769 bits per heavy atom. The molecular weight excluding hydrogens is 334 g/mol. The van der Waals surface area contributed by atoms with Crippen molar-refractivity contribution in [1.29, 1.82) is 0 Å². The highest BCUT2D eigenvalue weighted by Crippen LogP contribution is 2.20. The number of H-pyrrole nitrogens is 1. The first kappa shape index (κ1) is 16.1. The molecule has 0 atom stereocenters. The Labute approximate surface area is 148 Å². The van der Waals surface area contributed by atoms with Crippen LogP contribution in [0.2, 0.25) is 0 Å². The molecule has 2 aromatic heterocycles. The van der Waals surface area contributed by atoms with Crippen molar-refractivity contribution in [1.82, 2.24) is 19.9 Å². The summed E-state index contributed by atoms with van der Waals surface area (Å²) in [5.41, 5.74) is 3.15. The number of nitrogens with zero attached hydrogens (tertiary/aromatic N) is 3. The summed E-state index contributed by atoms with van der Waals surface area (Å²) in [6.45, 7) is 0. The van der Waals surface area contributed by atoms with Crippen molar-refractivity contribution < 1.29 is 8.78 Å². The van der Waals surface area contributed by atoms with Crippen LogP contribution in [0.5, 0.6) is 0 Å². The average molecular weight is 348 g/mol. The molecule has 6 heteroatoms. The number of nitrogens with one attached hydrogen (secondary N) is 1. The van der Waals surface area contributed by atoms with E-state index in [9.17, 15) is 8.78 Å². The van der Waals surface area contributed by atoms with Crippen molar-refractivity contribution in [2.75, 3.05) is 0 Å². The molecular formula is C20H14F2N4. The summed E-state index contributed by atoms with van der Waals surface area (Å²) in [6, 6.07) is 12.5. The highest BCUT2D eigenvalue weighted by atomic mass is 19.1. The van der Waals surface area contributed by atoms with Gasteiger partial charge in [0.15, 0.2) is 5.82 Å². The fourth-order valence-corrected chi connectivity index (χ4v) is 2.64. The number of aromatic amines is 1. The minimum absolute atomic E-state index is 0.260. The molecule has 26 heavy (non-hydrogen) atoms. The van der Waals surface area contributed by atoms with Crippen molar-refractivity contribution >= 4 is 0 Å². The van der Waals surface area contributed by atoms with Gasteiger partial charge in [-0.25, -0.2) is 23.7 Å². The van der Waals surface area contributed by atoms with E-state index in [0.717, 1.165) is 22.6 Å². The summed E-state index contributed by atoms with van der Waals surface area (Å²) in [7, 11) is 0. The number of aromatic nitrogens is 4. The molecule has 0 unspecified atom stereocenters. The summed E-state index contributed by atoms with van der Waals surface area (Å²) in [5.74, 6) is 0.638. The Hall–Kier alpha value is -3.41. The van der Waals surface area contributed by atoms with E-state index in [1.807, 2.05) is 0 Å². The number of hydrogen-bond donors (Lipinski definition) is 1. The Balaban J connectivity index is 1.53. The zero-order valence-corrected chi connectivity index (χ0v) is 13.7. The maximum absolute atomic E-state index is 13.3. The van der Waals surface area contributed by atoms with Crippen molar-refractivity contribution in [3.63, 3.8) is 0 Å². The zero-order valence-electron chi connectivity index (χ0n) is 13.7. The van der Waals surface area contributed by atoms with Crippen molar-refractivity contribution in [3.05, 3.63) is 90.1 Å². The van der Waals surface area contributed by atoms with Gasteiger partial charge in [-0.05, 0) is 29.8 Å². The van der Waals surface area contributed by atoms with Crippen LogP contribution in [0.4, 0.5) is 8.78 Å². The van der Waals surface area contributed by atoms with Crippen molar-refractivity contribution in [2.45, 2.75) is 6.42 Å². The third kappa shape index (κ3) is 3.49. The van der Waals surface area contributed by atoms with Gasteiger partial charge in [0.1, 0.15) is 17.5 Å². The second kappa shape index (κ2) is 6.84. The molecule has 0 saturated carbocycles. The van der Waals surface area contributed by atoms with Crippen LogP contribution < -0.4 is 0 Å². The maximum Gasteiger partial charge on any atom is 0.159 e. The standard InChI is InChI=1S/C20H14F2N4/c21-16-6-4-13(5-7-16)8-19-23-12-18(26-19)15-10-24-20(25-11-15)14-2-1-3-17(22)9-14/h1-7,9-12H,8H2,(H,23,26). The maximum atomic E-state index is 13.3. The molecule has 0 aliphatic carbocycles. The molecule has 0 saturated heterocycles. The summed E-state index contributed by atoms with van der Waals surface area (Å²) in [4.78, 5) is 16.2. The summed E-state index contributed by atoms with van der Waals surface area (Å²) >= 11 is 0. The summed E-state index contributed by atoms with van der Waals surface area (Å²) < 4.78 is 26.3. The molecule has 0 spiro atoms. The van der Waals surface area contributed by atoms with E-state index in [1.165, 1.54) is 24.3 Å². The van der Waals surface area contributed by atoms with Gasteiger partial charge in [0.2, 0.25) is 0 Å². The smallest absolute Gasteiger partial charge is 0.159 e. The Morgan fingerprint density at radius 3 is 2.27 bits per heavy atom. The molecule has 2 heterocycles. The van der Waals surface area contributed by atoms with Gasteiger partial charge in [0.25, 0.3) is 0 Å². The number of rotatable bonds is 4. The normalized spacial score (nSPS) is 10.8. The fourth-order valence-electron chi connectivity index (χ4n) is 2.64. The molecule has 0 amide bonds. The van der Waals surface area contributed by atoms with Crippen LogP contribution in [-0.4, -0.2) is 19.9 Å². The predicted octanol–water partition coefficient (Wildman–Crippen LogP) is 4.40.